The fourth-order valence-electron chi connectivity index (χ4n) is 4.15. The summed E-state index contributed by atoms with van der Waals surface area (Å²) in [6.07, 6.45) is 7.02. The molecule has 0 aromatic heterocycles. The molecule has 0 unspecified atom stereocenters. The van der Waals surface area contributed by atoms with Gasteiger partial charge in [-0.15, -0.1) is 0 Å². The molecule has 3 heteroatoms. The number of likely N-dealkylation sites (tertiary alicyclic amines) is 2. The minimum absolute atomic E-state index is 0.262. The molecule has 0 bridgehead atoms. The average Bonchev–Trinajstić information content (AvgIpc) is 2.92. The lowest BCUT2D eigenvalue weighted by Gasteiger charge is -2.34. The lowest BCUT2D eigenvalue weighted by atomic mass is 9.94. The molecule has 2 fully saturated rings. The van der Waals surface area contributed by atoms with Crippen LogP contribution < -0.4 is 0 Å². The van der Waals surface area contributed by atoms with Gasteiger partial charge in [-0.25, -0.2) is 0 Å². The van der Waals surface area contributed by atoms with E-state index in [1.807, 2.05) is 0 Å². The summed E-state index contributed by atoms with van der Waals surface area (Å²) in [5.41, 5.74) is 2.80. The van der Waals surface area contributed by atoms with Crippen LogP contribution >= 0.6 is 0 Å². The van der Waals surface area contributed by atoms with Gasteiger partial charge in [0.05, 0.1) is 0 Å². The molecule has 0 radical (unpaired) electrons. The number of rotatable bonds is 4. The Morgan fingerprint density at radius 3 is 2.12 bits per heavy atom. The average molecular weight is 343 g/mol. The van der Waals surface area contributed by atoms with E-state index >= 15 is 0 Å². The topological polar surface area (TPSA) is 23.6 Å². The van der Waals surface area contributed by atoms with E-state index in [1.54, 1.807) is 0 Å². The number of amides is 1. The highest BCUT2D eigenvalue weighted by atomic mass is 16.2. The SMILES string of the molecule is CC(C)c1ccc(CN2CCC(C(=O)N3CCCCCC3)CC2)cc1. The molecule has 2 heterocycles. The largest absolute Gasteiger partial charge is 0.342 e. The van der Waals surface area contributed by atoms with Gasteiger partial charge in [-0.3, -0.25) is 9.69 Å². The third kappa shape index (κ3) is 5.07. The quantitative estimate of drug-likeness (QED) is 0.808. The number of nitrogens with zero attached hydrogens (tertiary/aromatic N) is 2. The van der Waals surface area contributed by atoms with Crippen molar-refractivity contribution in [1.29, 1.82) is 0 Å². The second-order valence-corrected chi connectivity index (χ2v) is 8.19. The molecule has 1 amide bonds. The van der Waals surface area contributed by atoms with Crippen molar-refractivity contribution < 1.29 is 4.79 Å². The molecule has 2 aliphatic rings. The van der Waals surface area contributed by atoms with Crippen molar-refractivity contribution in [2.24, 2.45) is 5.92 Å². The van der Waals surface area contributed by atoms with Gasteiger partial charge in [0.2, 0.25) is 5.91 Å². The van der Waals surface area contributed by atoms with E-state index in [4.69, 9.17) is 0 Å². The molecule has 1 aromatic carbocycles. The van der Waals surface area contributed by atoms with Crippen molar-refractivity contribution in [3.8, 4) is 0 Å². The third-order valence-electron chi connectivity index (χ3n) is 5.91. The van der Waals surface area contributed by atoms with Crippen LogP contribution in [-0.4, -0.2) is 41.9 Å². The van der Waals surface area contributed by atoms with Crippen molar-refractivity contribution in [2.45, 2.75) is 64.8 Å². The highest BCUT2D eigenvalue weighted by molar-refractivity contribution is 5.79. The lowest BCUT2D eigenvalue weighted by Crippen LogP contribution is -2.42. The molecule has 3 nitrogen and oxygen atoms in total. The monoisotopic (exact) mass is 342 g/mol. The number of hydrogen-bond acceptors (Lipinski definition) is 2. The Kier molecular flexibility index (Phi) is 6.52. The number of piperidine rings is 1. The van der Waals surface area contributed by atoms with Gasteiger partial charge < -0.3 is 4.90 Å². The molecule has 0 spiro atoms. The van der Waals surface area contributed by atoms with Gasteiger partial charge >= 0.3 is 0 Å². The Hall–Kier alpha value is -1.35. The second kappa shape index (κ2) is 8.84. The molecule has 1 aromatic rings. The summed E-state index contributed by atoms with van der Waals surface area (Å²) in [5, 5.41) is 0. The Morgan fingerprint density at radius 2 is 1.56 bits per heavy atom. The summed E-state index contributed by atoms with van der Waals surface area (Å²) < 4.78 is 0. The molecule has 2 saturated heterocycles. The van der Waals surface area contributed by atoms with Crippen LogP contribution in [0.4, 0.5) is 0 Å². The fraction of sp³-hybridized carbons (Fsp3) is 0.682. The maximum absolute atomic E-state index is 12.8. The van der Waals surface area contributed by atoms with Crippen molar-refractivity contribution in [3.63, 3.8) is 0 Å². The summed E-state index contributed by atoms with van der Waals surface area (Å²) in [7, 11) is 0. The van der Waals surface area contributed by atoms with E-state index in [1.165, 1.54) is 36.8 Å². The normalized spacial score (nSPS) is 20.7. The van der Waals surface area contributed by atoms with Gasteiger partial charge in [-0.05, 0) is 55.8 Å². The summed E-state index contributed by atoms with van der Waals surface area (Å²) in [4.78, 5) is 17.4. The first kappa shape index (κ1) is 18.4. The summed E-state index contributed by atoms with van der Waals surface area (Å²) in [6, 6.07) is 9.05. The second-order valence-electron chi connectivity index (χ2n) is 8.19. The zero-order chi connectivity index (χ0) is 17.6. The number of benzene rings is 1. The van der Waals surface area contributed by atoms with Crippen molar-refractivity contribution in [3.05, 3.63) is 35.4 Å². The molecular formula is C22H34N2O. The minimum Gasteiger partial charge on any atom is -0.342 e. The molecular weight excluding hydrogens is 308 g/mol. The third-order valence-corrected chi connectivity index (χ3v) is 5.91. The Bertz CT molecular complexity index is 536. The predicted molar refractivity (Wildman–Crippen MR) is 104 cm³/mol. The summed E-state index contributed by atoms with van der Waals surface area (Å²) in [6.45, 7) is 9.57. The van der Waals surface area contributed by atoms with Gasteiger partial charge in [-0.2, -0.15) is 0 Å². The molecule has 0 saturated carbocycles. The molecule has 3 rings (SSSR count). The van der Waals surface area contributed by atoms with E-state index in [0.29, 0.717) is 11.8 Å². The van der Waals surface area contributed by atoms with Crippen LogP contribution in [0.2, 0.25) is 0 Å². The highest BCUT2D eigenvalue weighted by Crippen LogP contribution is 2.23. The highest BCUT2D eigenvalue weighted by Gasteiger charge is 2.28. The van der Waals surface area contributed by atoms with Crippen LogP contribution in [0, 0.1) is 5.92 Å². The molecule has 2 aliphatic heterocycles. The first-order valence-electron chi connectivity index (χ1n) is 10.2. The van der Waals surface area contributed by atoms with E-state index in [0.717, 1.165) is 45.6 Å². The predicted octanol–water partition coefficient (Wildman–Crippen LogP) is 4.42. The first-order valence-corrected chi connectivity index (χ1v) is 10.2. The van der Waals surface area contributed by atoms with E-state index in [2.05, 4.69) is 47.9 Å². The van der Waals surface area contributed by atoms with Crippen LogP contribution in [0.5, 0.6) is 0 Å². The molecule has 0 aliphatic carbocycles. The Balaban J connectivity index is 1.47. The van der Waals surface area contributed by atoms with Gasteiger partial charge in [0, 0.05) is 25.6 Å². The van der Waals surface area contributed by atoms with Gasteiger partial charge in [0.25, 0.3) is 0 Å². The van der Waals surface area contributed by atoms with Gasteiger partial charge in [-0.1, -0.05) is 51.0 Å². The molecule has 0 N–H and O–H groups in total. The Labute approximate surface area is 153 Å². The van der Waals surface area contributed by atoms with Gasteiger partial charge in [0.1, 0.15) is 0 Å². The maximum Gasteiger partial charge on any atom is 0.225 e. The standard InChI is InChI=1S/C22H34N2O/c1-18(2)20-9-7-19(8-10-20)17-23-15-11-21(12-16-23)22(25)24-13-5-3-4-6-14-24/h7-10,18,21H,3-6,11-17H2,1-2H3. The number of carbonyl (C=O) groups excluding carboxylic acids is 1. The van der Waals surface area contributed by atoms with Crippen LogP contribution in [-0.2, 0) is 11.3 Å². The smallest absolute Gasteiger partial charge is 0.225 e. The molecule has 0 atom stereocenters. The van der Waals surface area contributed by atoms with E-state index in [-0.39, 0.29) is 5.92 Å². The summed E-state index contributed by atoms with van der Waals surface area (Å²) in [5.74, 6) is 1.29. The number of hydrogen-bond donors (Lipinski definition) is 0. The minimum atomic E-state index is 0.262. The van der Waals surface area contributed by atoms with Crippen molar-refractivity contribution in [2.75, 3.05) is 26.2 Å². The van der Waals surface area contributed by atoms with Crippen LogP contribution in [0.1, 0.15) is 69.4 Å². The maximum atomic E-state index is 12.8. The zero-order valence-electron chi connectivity index (χ0n) is 16.0. The lowest BCUT2D eigenvalue weighted by molar-refractivity contribution is -0.137. The molecule has 138 valence electrons. The van der Waals surface area contributed by atoms with Crippen molar-refractivity contribution >= 4 is 5.91 Å². The number of carbonyl (C=O) groups is 1. The van der Waals surface area contributed by atoms with E-state index < -0.39 is 0 Å². The summed E-state index contributed by atoms with van der Waals surface area (Å²) >= 11 is 0. The molecule has 25 heavy (non-hydrogen) atoms. The zero-order valence-corrected chi connectivity index (χ0v) is 16.0. The fourth-order valence-corrected chi connectivity index (χ4v) is 4.15. The van der Waals surface area contributed by atoms with Crippen molar-refractivity contribution in [1.82, 2.24) is 9.80 Å². The Morgan fingerprint density at radius 1 is 0.960 bits per heavy atom. The van der Waals surface area contributed by atoms with Gasteiger partial charge in [0.15, 0.2) is 0 Å². The van der Waals surface area contributed by atoms with E-state index in [9.17, 15) is 4.79 Å². The van der Waals surface area contributed by atoms with Crippen LogP contribution in [0.25, 0.3) is 0 Å². The van der Waals surface area contributed by atoms with Crippen LogP contribution in [0.15, 0.2) is 24.3 Å². The first-order chi connectivity index (χ1) is 12.1. The van der Waals surface area contributed by atoms with Crippen LogP contribution in [0.3, 0.4) is 0 Å².